The van der Waals surface area contributed by atoms with E-state index < -0.39 is 41.8 Å². The van der Waals surface area contributed by atoms with Gasteiger partial charge in [-0.25, -0.2) is 4.79 Å². The van der Waals surface area contributed by atoms with Crippen molar-refractivity contribution in [2.75, 3.05) is 6.54 Å². The van der Waals surface area contributed by atoms with Gasteiger partial charge in [0.25, 0.3) is 0 Å². The summed E-state index contributed by atoms with van der Waals surface area (Å²) >= 11 is 0. The largest absolute Gasteiger partial charge is 0.480 e. The molecule has 38 heavy (non-hydrogen) atoms. The summed E-state index contributed by atoms with van der Waals surface area (Å²) in [7, 11) is 0. The number of nitrogens with two attached hydrogens (primary N) is 1. The lowest BCUT2D eigenvalue weighted by atomic mass is 10.0. The van der Waals surface area contributed by atoms with Crippen molar-refractivity contribution in [3.63, 3.8) is 0 Å². The Bertz CT molecular complexity index is 1260. The van der Waals surface area contributed by atoms with Crippen molar-refractivity contribution in [1.82, 2.24) is 20.9 Å². The predicted molar refractivity (Wildman–Crippen MR) is 144 cm³/mol. The van der Waals surface area contributed by atoms with Crippen LogP contribution in [0.3, 0.4) is 0 Å². The molecule has 202 valence electrons. The van der Waals surface area contributed by atoms with Crippen molar-refractivity contribution in [1.29, 1.82) is 0 Å². The summed E-state index contributed by atoms with van der Waals surface area (Å²) in [5, 5.41) is 18.2. The lowest BCUT2D eigenvalue weighted by molar-refractivity contribution is -0.142. The zero-order chi connectivity index (χ0) is 27.7. The van der Waals surface area contributed by atoms with Crippen LogP contribution >= 0.6 is 0 Å². The molecule has 3 rings (SSSR count). The normalized spacial score (nSPS) is 13.5. The van der Waals surface area contributed by atoms with Crippen LogP contribution in [-0.4, -0.2) is 58.5 Å². The smallest absolute Gasteiger partial charge is 0.326 e. The summed E-state index contributed by atoms with van der Waals surface area (Å²) in [6.07, 6.45) is 2.43. The molecule has 10 heteroatoms. The Morgan fingerprint density at radius 2 is 1.58 bits per heavy atom. The molecule has 3 atom stereocenters. The predicted octanol–water partition coefficient (Wildman–Crippen LogP) is 1.50. The van der Waals surface area contributed by atoms with E-state index in [-0.39, 0.29) is 25.3 Å². The molecule has 3 aromatic rings. The van der Waals surface area contributed by atoms with Crippen LogP contribution in [-0.2, 0) is 32.0 Å². The van der Waals surface area contributed by atoms with Crippen LogP contribution in [0.2, 0.25) is 0 Å². The number of carbonyl (C=O) groups is 4. The summed E-state index contributed by atoms with van der Waals surface area (Å²) in [5.41, 5.74) is 8.53. The molecular formula is C28H35N5O5. The number of aromatic nitrogens is 1. The van der Waals surface area contributed by atoms with Crippen molar-refractivity contribution in [3.05, 3.63) is 71.9 Å². The number of aromatic amines is 1. The summed E-state index contributed by atoms with van der Waals surface area (Å²) in [6, 6.07) is 13.8. The number of amides is 3. The van der Waals surface area contributed by atoms with Crippen LogP contribution in [0.15, 0.2) is 60.8 Å². The van der Waals surface area contributed by atoms with E-state index in [1.165, 1.54) is 0 Å². The third-order valence-electron chi connectivity index (χ3n) is 6.13. The summed E-state index contributed by atoms with van der Waals surface area (Å²) < 4.78 is 0. The van der Waals surface area contributed by atoms with Gasteiger partial charge in [0, 0.05) is 23.5 Å². The molecule has 0 aliphatic carbocycles. The van der Waals surface area contributed by atoms with Gasteiger partial charge in [0.05, 0.1) is 12.6 Å². The Morgan fingerprint density at radius 3 is 2.26 bits per heavy atom. The Balaban J connectivity index is 1.67. The molecule has 1 heterocycles. The Kier molecular flexibility index (Phi) is 10.0. The lowest BCUT2D eigenvalue weighted by Crippen LogP contribution is -2.54. The Hall–Kier alpha value is -4.18. The maximum Gasteiger partial charge on any atom is 0.326 e. The first-order valence-corrected chi connectivity index (χ1v) is 12.6. The van der Waals surface area contributed by atoms with Gasteiger partial charge in [-0.3, -0.25) is 14.4 Å². The summed E-state index contributed by atoms with van der Waals surface area (Å²) in [4.78, 5) is 53.2. The molecule has 1 aromatic heterocycles. The van der Waals surface area contributed by atoms with Gasteiger partial charge in [-0.1, -0.05) is 62.4 Å². The summed E-state index contributed by atoms with van der Waals surface area (Å²) in [5.74, 6) is -2.83. The number of carboxylic acids is 1. The number of rotatable bonds is 13. The van der Waals surface area contributed by atoms with E-state index in [0.717, 1.165) is 22.0 Å². The molecule has 0 radical (unpaired) electrons. The van der Waals surface area contributed by atoms with Crippen LogP contribution in [0.25, 0.3) is 10.9 Å². The highest BCUT2D eigenvalue weighted by Gasteiger charge is 2.28. The van der Waals surface area contributed by atoms with E-state index in [1.807, 2.05) is 68.4 Å². The van der Waals surface area contributed by atoms with Gasteiger partial charge < -0.3 is 31.8 Å². The van der Waals surface area contributed by atoms with Crippen LogP contribution in [0, 0.1) is 5.92 Å². The number of carboxylic acid groups (broad SMARTS) is 1. The number of benzene rings is 2. The zero-order valence-corrected chi connectivity index (χ0v) is 21.6. The van der Waals surface area contributed by atoms with E-state index in [4.69, 9.17) is 5.73 Å². The van der Waals surface area contributed by atoms with Gasteiger partial charge in [-0.05, 0) is 36.0 Å². The molecule has 0 saturated heterocycles. The molecule has 10 nitrogen and oxygen atoms in total. The standard InChI is InChI=1S/C28H35N5O5/c1-17(2)12-24(28(37)38)33-27(36)23(14-19-15-30-22-11-7-6-10-20(19)22)32-25(34)16-31-26(35)21(29)13-18-8-4-3-5-9-18/h3-11,15,17,21,23-24,30H,12-14,16,29H2,1-2H3,(H,31,35)(H,32,34)(H,33,36)(H,37,38). The maximum atomic E-state index is 13.2. The second-order valence-electron chi connectivity index (χ2n) is 9.73. The van der Waals surface area contributed by atoms with E-state index >= 15 is 0 Å². The second-order valence-corrected chi connectivity index (χ2v) is 9.73. The van der Waals surface area contributed by atoms with Gasteiger partial charge in [0.2, 0.25) is 17.7 Å². The number of hydrogen-bond acceptors (Lipinski definition) is 5. The lowest BCUT2D eigenvalue weighted by Gasteiger charge is -2.22. The van der Waals surface area contributed by atoms with Crippen molar-refractivity contribution in [2.45, 2.75) is 51.2 Å². The average molecular weight is 522 g/mol. The monoisotopic (exact) mass is 521 g/mol. The van der Waals surface area contributed by atoms with Crippen molar-refractivity contribution in [3.8, 4) is 0 Å². The zero-order valence-electron chi connectivity index (χ0n) is 21.6. The number of carbonyl (C=O) groups excluding carboxylic acids is 3. The quantitative estimate of drug-likeness (QED) is 0.199. The topological polar surface area (TPSA) is 166 Å². The van der Waals surface area contributed by atoms with Gasteiger partial charge in [-0.2, -0.15) is 0 Å². The van der Waals surface area contributed by atoms with E-state index in [9.17, 15) is 24.3 Å². The molecule has 3 unspecified atom stereocenters. The number of fused-ring (bicyclic) bond motifs is 1. The molecule has 3 amide bonds. The van der Waals surface area contributed by atoms with Crippen molar-refractivity contribution >= 4 is 34.6 Å². The molecule has 0 fully saturated rings. The third-order valence-corrected chi connectivity index (χ3v) is 6.13. The SMILES string of the molecule is CC(C)CC(NC(=O)C(Cc1c[nH]c2ccccc12)NC(=O)CNC(=O)C(N)Cc1ccccc1)C(=O)O. The molecule has 2 aromatic carbocycles. The number of hydrogen-bond donors (Lipinski definition) is 6. The van der Waals surface area contributed by atoms with Crippen LogP contribution in [0.4, 0.5) is 0 Å². The third kappa shape index (κ3) is 8.17. The number of H-pyrrole nitrogens is 1. The van der Waals surface area contributed by atoms with Gasteiger partial charge in [0.15, 0.2) is 0 Å². The fourth-order valence-corrected chi connectivity index (χ4v) is 4.20. The van der Waals surface area contributed by atoms with Crippen LogP contribution < -0.4 is 21.7 Å². The molecular weight excluding hydrogens is 486 g/mol. The molecule has 0 aliphatic rings. The highest BCUT2D eigenvalue weighted by atomic mass is 16.4. The van der Waals surface area contributed by atoms with Crippen LogP contribution in [0.5, 0.6) is 0 Å². The Morgan fingerprint density at radius 1 is 0.895 bits per heavy atom. The molecule has 0 aliphatic heterocycles. The Labute approximate surface area is 221 Å². The number of aliphatic carboxylic acids is 1. The second kappa shape index (κ2) is 13.4. The van der Waals surface area contributed by atoms with Gasteiger partial charge in [-0.15, -0.1) is 0 Å². The average Bonchev–Trinajstić information content (AvgIpc) is 3.29. The first kappa shape index (κ1) is 28.4. The number of para-hydroxylation sites is 1. The minimum atomic E-state index is -1.15. The fraction of sp³-hybridized carbons (Fsp3) is 0.357. The fourth-order valence-electron chi connectivity index (χ4n) is 4.20. The first-order valence-electron chi connectivity index (χ1n) is 12.6. The molecule has 7 N–H and O–H groups in total. The van der Waals surface area contributed by atoms with Gasteiger partial charge >= 0.3 is 5.97 Å². The molecule has 0 bridgehead atoms. The van der Waals surface area contributed by atoms with Gasteiger partial charge in [0.1, 0.15) is 12.1 Å². The van der Waals surface area contributed by atoms with Crippen molar-refractivity contribution < 1.29 is 24.3 Å². The number of nitrogens with one attached hydrogen (secondary N) is 4. The molecule has 0 saturated carbocycles. The van der Waals surface area contributed by atoms with E-state index in [2.05, 4.69) is 20.9 Å². The van der Waals surface area contributed by atoms with E-state index in [0.29, 0.717) is 6.42 Å². The van der Waals surface area contributed by atoms with Crippen molar-refractivity contribution in [2.24, 2.45) is 11.7 Å². The van der Waals surface area contributed by atoms with E-state index in [1.54, 1.807) is 6.20 Å². The minimum absolute atomic E-state index is 0.0355. The minimum Gasteiger partial charge on any atom is -0.480 e. The highest BCUT2D eigenvalue weighted by molar-refractivity contribution is 5.93. The summed E-state index contributed by atoms with van der Waals surface area (Å²) in [6.45, 7) is 3.34. The molecule has 0 spiro atoms. The first-order chi connectivity index (χ1) is 18.1. The van der Waals surface area contributed by atoms with Crippen LogP contribution in [0.1, 0.15) is 31.4 Å². The maximum absolute atomic E-state index is 13.2. The highest BCUT2D eigenvalue weighted by Crippen LogP contribution is 2.19.